The normalized spacial score (nSPS) is 10.4. The van der Waals surface area contributed by atoms with Crippen molar-refractivity contribution in [2.24, 2.45) is 0 Å². The summed E-state index contributed by atoms with van der Waals surface area (Å²) in [5.41, 5.74) is 2.60. The van der Waals surface area contributed by atoms with Crippen LogP contribution in [-0.2, 0) is 11.3 Å². The standard InChI is InChI=1S/C15H17N3O3/c1-4-21-15(20)13-7-5-12(6-8-13)9-18-10(2)14(11(3)19)16-17-18/h5-8H,4,9H2,1-3H3. The van der Waals surface area contributed by atoms with Crippen molar-refractivity contribution in [3.8, 4) is 0 Å². The number of aromatic nitrogens is 3. The van der Waals surface area contributed by atoms with Crippen molar-refractivity contribution < 1.29 is 14.3 Å². The Bertz CT molecular complexity index is 659. The lowest BCUT2D eigenvalue weighted by atomic mass is 10.1. The van der Waals surface area contributed by atoms with E-state index >= 15 is 0 Å². The third-order valence-electron chi connectivity index (χ3n) is 3.11. The highest BCUT2D eigenvalue weighted by atomic mass is 16.5. The summed E-state index contributed by atoms with van der Waals surface area (Å²) >= 11 is 0. The van der Waals surface area contributed by atoms with E-state index in [2.05, 4.69) is 10.3 Å². The maximum absolute atomic E-state index is 11.6. The fourth-order valence-electron chi connectivity index (χ4n) is 1.97. The van der Waals surface area contributed by atoms with E-state index < -0.39 is 0 Å². The monoisotopic (exact) mass is 287 g/mol. The Morgan fingerprint density at radius 2 is 1.90 bits per heavy atom. The molecule has 21 heavy (non-hydrogen) atoms. The first kappa shape index (κ1) is 14.9. The van der Waals surface area contributed by atoms with E-state index in [-0.39, 0.29) is 11.8 Å². The number of nitrogens with zero attached hydrogens (tertiary/aromatic N) is 3. The highest BCUT2D eigenvalue weighted by Crippen LogP contribution is 2.10. The predicted octanol–water partition coefficient (Wildman–Crippen LogP) is 2.01. The van der Waals surface area contributed by atoms with Crippen LogP contribution in [0.3, 0.4) is 0 Å². The zero-order chi connectivity index (χ0) is 15.4. The summed E-state index contributed by atoms with van der Waals surface area (Å²) in [6.45, 7) is 5.90. The SMILES string of the molecule is CCOC(=O)c1ccc(Cn2nnc(C(C)=O)c2C)cc1. The summed E-state index contributed by atoms with van der Waals surface area (Å²) in [6, 6.07) is 7.10. The number of ether oxygens (including phenoxy) is 1. The van der Waals surface area contributed by atoms with Crippen LogP contribution in [0, 0.1) is 6.92 Å². The molecule has 0 saturated heterocycles. The Hall–Kier alpha value is -2.50. The van der Waals surface area contributed by atoms with Crippen molar-refractivity contribution in [3.63, 3.8) is 0 Å². The van der Waals surface area contributed by atoms with Crippen LogP contribution in [0.5, 0.6) is 0 Å². The van der Waals surface area contributed by atoms with Gasteiger partial charge < -0.3 is 4.74 Å². The maximum atomic E-state index is 11.6. The second kappa shape index (κ2) is 6.30. The number of benzene rings is 1. The van der Waals surface area contributed by atoms with Crippen molar-refractivity contribution in [2.75, 3.05) is 6.61 Å². The molecule has 6 nitrogen and oxygen atoms in total. The van der Waals surface area contributed by atoms with Gasteiger partial charge in [-0.05, 0) is 31.5 Å². The van der Waals surface area contributed by atoms with Gasteiger partial charge in [0.25, 0.3) is 0 Å². The molecule has 2 rings (SSSR count). The first-order valence-corrected chi connectivity index (χ1v) is 6.70. The van der Waals surface area contributed by atoms with E-state index in [4.69, 9.17) is 4.74 Å². The van der Waals surface area contributed by atoms with E-state index in [0.717, 1.165) is 11.3 Å². The number of ketones is 1. The third kappa shape index (κ3) is 3.34. The highest BCUT2D eigenvalue weighted by Gasteiger charge is 2.13. The molecule has 1 aromatic carbocycles. The Balaban J connectivity index is 2.14. The summed E-state index contributed by atoms with van der Waals surface area (Å²) in [7, 11) is 0. The second-order valence-electron chi connectivity index (χ2n) is 4.65. The average Bonchev–Trinajstić information content (AvgIpc) is 2.81. The molecule has 6 heteroatoms. The lowest BCUT2D eigenvalue weighted by Crippen LogP contribution is -2.07. The fourth-order valence-corrected chi connectivity index (χ4v) is 1.97. The number of rotatable bonds is 5. The number of hydrogen-bond donors (Lipinski definition) is 0. The van der Waals surface area contributed by atoms with Gasteiger partial charge in [0.05, 0.1) is 24.4 Å². The fraction of sp³-hybridized carbons (Fsp3) is 0.333. The van der Waals surface area contributed by atoms with Gasteiger partial charge in [-0.15, -0.1) is 5.10 Å². The summed E-state index contributed by atoms with van der Waals surface area (Å²) in [6.07, 6.45) is 0. The van der Waals surface area contributed by atoms with E-state index in [0.29, 0.717) is 24.4 Å². The molecule has 0 radical (unpaired) electrons. The third-order valence-corrected chi connectivity index (χ3v) is 3.11. The quantitative estimate of drug-likeness (QED) is 0.621. The molecule has 0 amide bonds. The summed E-state index contributed by atoms with van der Waals surface area (Å²) in [5, 5.41) is 7.84. The molecule has 0 saturated carbocycles. The van der Waals surface area contributed by atoms with Gasteiger partial charge in [0, 0.05) is 6.92 Å². The second-order valence-corrected chi connectivity index (χ2v) is 4.65. The van der Waals surface area contributed by atoms with E-state index in [9.17, 15) is 9.59 Å². The molecule has 0 bridgehead atoms. The number of esters is 1. The first-order chi connectivity index (χ1) is 10.0. The summed E-state index contributed by atoms with van der Waals surface area (Å²) in [5.74, 6) is -0.434. The Kier molecular flexibility index (Phi) is 4.47. The Morgan fingerprint density at radius 3 is 2.43 bits per heavy atom. The molecular weight excluding hydrogens is 270 g/mol. The van der Waals surface area contributed by atoms with Gasteiger partial charge in [0.2, 0.25) is 0 Å². The molecule has 0 spiro atoms. The van der Waals surface area contributed by atoms with Crippen LogP contribution in [-0.4, -0.2) is 33.4 Å². The summed E-state index contributed by atoms with van der Waals surface area (Å²) in [4.78, 5) is 22.9. The van der Waals surface area contributed by atoms with Crippen LogP contribution in [0.4, 0.5) is 0 Å². The molecule has 0 atom stereocenters. The molecule has 0 unspecified atom stereocenters. The lowest BCUT2D eigenvalue weighted by Gasteiger charge is -2.05. The molecule has 0 fully saturated rings. The largest absolute Gasteiger partial charge is 0.462 e. The summed E-state index contributed by atoms with van der Waals surface area (Å²) < 4.78 is 6.59. The lowest BCUT2D eigenvalue weighted by molar-refractivity contribution is 0.0526. The molecule has 0 aliphatic carbocycles. The smallest absolute Gasteiger partial charge is 0.338 e. The van der Waals surface area contributed by atoms with E-state index in [1.165, 1.54) is 6.92 Å². The van der Waals surface area contributed by atoms with Crippen LogP contribution < -0.4 is 0 Å². The molecule has 2 aromatic rings. The van der Waals surface area contributed by atoms with E-state index in [1.807, 2.05) is 19.1 Å². The average molecular weight is 287 g/mol. The minimum absolute atomic E-state index is 0.101. The maximum Gasteiger partial charge on any atom is 0.338 e. The molecule has 1 heterocycles. The van der Waals surface area contributed by atoms with Crippen molar-refractivity contribution >= 4 is 11.8 Å². The van der Waals surface area contributed by atoms with Crippen LogP contribution in [0.2, 0.25) is 0 Å². The van der Waals surface area contributed by atoms with Crippen molar-refractivity contribution in [3.05, 3.63) is 46.8 Å². The highest BCUT2D eigenvalue weighted by molar-refractivity contribution is 5.93. The van der Waals surface area contributed by atoms with Gasteiger partial charge in [-0.3, -0.25) is 4.79 Å². The molecular formula is C15H17N3O3. The predicted molar refractivity (Wildman–Crippen MR) is 76.3 cm³/mol. The minimum Gasteiger partial charge on any atom is -0.462 e. The van der Waals surface area contributed by atoms with Gasteiger partial charge in [0.15, 0.2) is 11.5 Å². The molecule has 1 aromatic heterocycles. The molecule has 0 aliphatic rings. The van der Waals surface area contributed by atoms with Gasteiger partial charge in [-0.25, -0.2) is 9.48 Å². The van der Waals surface area contributed by atoms with E-state index in [1.54, 1.807) is 23.7 Å². The van der Waals surface area contributed by atoms with Gasteiger partial charge >= 0.3 is 5.97 Å². The topological polar surface area (TPSA) is 74.1 Å². The van der Waals surface area contributed by atoms with Gasteiger partial charge in [-0.2, -0.15) is 0 Å². The molecule has 0 N–H and O–H groups in total. The number of carbonyl (C=O) groups is 2. The van der Waals surface area contributed by atoms with Crippen LogP contribution in [0.15, 0.2) is 24.3 Å². The van der Waals surface area contributed by atoms with Crippen LogP contribution in [0.1, 0.15) is 46.0 Å². The number of carbonyl (C=O) groups excluding carboxylic acids is 2. The number of hydrogen-bond acceptors (Lipinski definition) is 5. The number of Topliss-reactive ketones (excluding diaryl/α,β-unsaturated/α-hetero) is 1. The van der Waals surface area contributed by atoms with Crippen molar-refractivity contribution in [1.29, 1.82) is 0 Å². The van der Waals surface area contributed by atoms with Crippen molar-refractivity contribution in [2.45, 2.75) is 27.3 Å². The van der Waals surface area contributed by atoms with Crippen molar-refractivity contribution in [1.82, 2.24) is 15.0 Å². The zero-order valence-electron chi connectivity index (χ0n) is 12.3. The molecule has 110 valence electrons. The van der Waals surface area contributed by atoms with Crippen LogP contribution in [0.25, 0.3) is 0 Å². The molecule has 0 aliphatic heterocycles. The van der Waals surface area contributed by atoms with Gasteiger partial charge in [-0.1, -0.05) is 17.3 Å². The zero-order valence-corrected chi connectivity index (χ0v) is 12.3. The first-order valence-electron chi connectivity index (χ1n) is 6.70. The Morgan fingerprint density at radius 1 is 1.24 bits per heavy atom. The van der Waals surface area contributed by atoms with Gasteiger partial charge in [0.1, 0.15) is 0 Å². The Labute approximate surface area is 122 Å². The minimum atomic E-state index is -0.333. The van der Waals surface area contributed by atoms with Crippen LogP contribution >= 0.6 is 0 Å².